The van der Waals surface area contributed by atoms with Crippen LogP contribution in [0.25, 0.3) is 39.1 Å². The molecule has 6 rings (SSSR count). The van der Waals surface area contributed by atoms with E-state index in [0.717, 1.165) is 34.5 Å². The van der Waals surface area contributed by atoms with Gasteiger partial charge in [0.1, 0.15) is 17.6 Å². The minimum absolute atomic E-state index is 0. The van der Waals surface area contributed by atoms with Gasteiger partial charge in [0.05, 0.1) is 27.8 Å². The predicted molar refractivity (Wildman–Crippen MR) is 160 cm³/mol. The number of allylic oxidation sites excluding steroid dienone is 1. The Morgan fingerprint density at radius 3 is 2.19 bits per heavy atom. The zero-order valence-corrected chi connectivity index (χ0v) is 21.1. The first-order chi connectivity index (χ1) is 17.0. The number of nitrogens with zero attached hydrogens (tertiary/aromatic N) is 5. The minimum atomic E-state index is 0. The summed E-state index contributed by atoms with van der Waals surface area (Å²) in [4.78, 5) is 9.11. The topological polar surface area (TPSA) is 40.0 Å². The van der Waals surface area contributed by atoms with E-state index in [0.29, 0.717) is 0 Å². The lowest BCUT2D eigenvalue weighted by Gasteiger charge is -2.12. The van der Waals surface area contributed by atoms with Gasteiger partial charge < -0.3 is 0 Å². The van der Waals surface area contributed by atoms with Gasteiger partial charge in [0.2, 0.25) is 0 Å². The fraction of sp³-hybridized carbons (Fsp3) is 0.250. The van der Waals surface area contributed by atoms with E-state index in [-0.39, 0.29) is 14.9 Å². The number of rotatable bonds is 3. The Hall–Kier alpha value is -4.12. The summed E-state index contributed by atoms with van der Waals surface area (Å²) in [6, 6.07) is 19.3. The summed E-state index contributed by atoms with van der Waals surface area (Å²) in [5.41, 5.74) is 11.6. The van der Waals surface area contributed by atoms with Gasteiger partial charge >= 0.3 is 0 Å². The summed E-state index contributed by atoms with van der Waals surface area (Å²) in [6.45, 7) is 14.2. The molecule has 0 aliphatic carbocycles. The van der Waals surface area contributed by atoms with E-state index >= 15 is 0 Å². The fourth-order valence-electron chi connectivity index (χ4n) is 5.07. The average Bonchev–Trinajstić information content (AvgIpc) is 3.47. The third kappa shape index (κ3) is 4.25. The van der Waals surface area contributed by atoms with E-state index < -0.39 is 0 Å². The predicted octanol–water partition coefficient (Wildman–Crippen LogP) is 8.71. The molecule has 0 N–H and O–H groups in total. The first-order valence-electron chi connectivity index (χ1n) is 12.1. The molecule has 37 heavy (non-hydrogen) atoms. The van der Waals surface area contributed by atoms with Crippen LogP contribution in [0.2, 0.25) is 0 Å². The van der Waals surface area contributed by atoms with Crippen molar-refractivity contribution in [2.24, 2.45) is 0 Å². The monoisotopic (exact) mass is 493 g/mol. The second-order valence-corrected chi connectivity index (χ2v) is 8.96. The molecule has 0 amide bonds. The largest absolute Gasteiger partial charge is 0.298 e. The van der Waals surface area contributed by atoms with Crippen LogP contribution in [0.15, 0.2) is 79.8 Å². The molecule has 2 aromatic carbocycles. The molecule has 0 saturated heterocycles. The van der Waals surface area contributed by atoms with Crippen molar-refractivity contribution in [1.82, 2.24) is 23.5 Å². The molecule has 0 radical (unpaired) electrons. The summed E-state index contributed by atoms with van der Waals surface area (Å²) >= 11 is 0. The molecular weight excluding hydrogens is 454 g/mol. The summed E-state index contributed by atoms with van der Waals surface area (Å²) in [7, 11) is 0. The average molecular weight is 494 g/mol. The van der Waals surface area contributed by atoms with Gasteiger partial charge in [-0.25, -0.2) is 9.97 Å². The molecule has 0 spiro atoms. The van der Waals surface area contributed by atoms with Crippen LogP contribution in [0.3, 0.4) is 0 Å². The lowest BCUT2D eigenvalue weighted by Crippen LogP contribution is -2.02. The molecule has 5 nitrogen and oxygen atoms in total. The van der Waals surface area contributed by atoms with E-state index in [2.05, 4.69) is 114 Å². The van der Waals surface area contributed by atoms with Gasteiger partial charge in [-0.2, -0.15) is 0 Å². The SMILES string of the molecule is C.C.C=CCC.Cc1ccccc1-n1c(C)c(-n2c3ccccc3n3c(C)cc(C)c23)c2cncnc21. The quantitative estimate of drug-likeness (QED) is 0.231. The zero-order valence-electron chi connectivity index (χ0n) is 21.1. The van der Waals surface area contributed by atoms with Gasteiger partial charge in [-0.1, -0.05) is 58.2 Å². The van der Waals surface area contributed by atoms with Crippen LogP contribution in [-0.2, 0) is 0 Å². The maximum absolute atomic E-state index is 4.71. The molecule has 0 atom stereocenters. The van der Waals surface area contributed by atoms with Crippen molar-refractivity contribution in [1.29, 1.82) is 0 Å². The smallest absolute Gasteiger partial charge is 0.150 e. The summed E-state index contributed by atoms with van der Waals surface area (Å²) < 4.78 is 7.00. The van der Waals surface area contributed by atoms with E-state index in [1.807, 2.05) is 12.3 Å². The minimum Gasteiger partial charge on any atom is -0.298 e. The highest BCUT2D eigenvalue weighted by Crippen LogP contribution is 2.37. The Balaban J connectivity index is 0.000000594. The van der Waals surface area contributed by atoms with Gasteiger partial charge in [0, 0.05) is 17.6 Å². The number of benzene rings is 2. The number of aryl methyl sites for hydroxylation is 3. The molecule has 4 aromatic heterocycles. The molecule has 0 unspecified atom stereocenters. The van der Waals surface area contributed by atoms with Gasteiger partial charge in [-0.15, -0.1) is 6.58 Å². The van der Waals surface area contributed by atoms with Crippen molar-refractivity contribution >= 4 is 27.7 Å². The van der Waals surface area contributed by atoms with Crippen LogP contribution in [0.1, 0.15) is 50.7 Å². The van der Waals surface area contributed by atoms with Crippen LogP contribution in [0.4, 0.5) is 0 Å². The highest BCUT2D eigenvalue weighted by Gasteiger charge is 2.24. The zero-order chi connectivity index (χ0) is 24.7. The molecule has 0 fully saturated rings. The van der Waals surface area contributed by atoms with Gasteiger partial charge in [0.15, 0.2) is 0 Å². The summed E-state index contributed by atoms with van der Waals surface area (Å²) in [5.74, 6) is 0. The van der Waals surface area contributed by atoms with Crippen molar-refractivity contribution in [2.45, 2.75) is 55.9 Å². The fourth-order valence-corrected chi connectivity index (χ4v) is 5.07. The Morgan fingerprint density at radius 1 is 0.865 bits per heavy atom. The Labute approximate surface area is 220 Å². The van der Waals surface area contributed by atoms with Crippen molar-refractivity contribution in [3.8, 4) is 11.4 Å². The summed E-state index contributed by atoms with van der Waals surface area (Å²) in [5, 5.41) is 1.05. The van der Waals surface area contributed by atoms with Crippen LogP contribution >= 0.6 is 0 Å². The van der Waals surface area contributed by atoms with Crippen molar-refractivity contribution < 1.29 is 0 Å². The maximum Gasteiger partial charge on any atom is 0.150 e. The standard InChI is InChI=1S/C26H23N5.C4H8.2CH4/c1-16-9-5-6-10-21(16)30-19(4)24(20-14-27-15-28-25(20)30)31-23-12-8-7-11-22(23)29-18(3)13-17(2)26(29)31;1-3-4-2;;/h5-15H,1-4H3;3H,1,4H2,2H3;2*1H4. The first-order valence-corrected chi connectivity index (χ1v) is 12.1. The number of aromatic nitrogens is 5. The van der Waals surface area contributed by atoms with Gasteiger partial charge in [-0.05, 0) is 69.5 Å². The Bertz CT molecular complexity index is 1690. The molecule has 0 bridgehead atoms. The maximum atomic E-state index is 4.71. The van der Waals surface area contributed by atoms with Crippen molar-refractivity contribution in [2.75, 3.05) is 0 Å². The van der Waals surface area contributed by atoms with Crippen molar-refractivity contribution in [3.63, 3.8) is 0 Å². The molecule has 0 aliphatic heterocycles. The van der Waals surface area contributed by atoms with E-state index in [4.69, 9.17) is 4.98 Å². The van der Waals surface area contributed by atoms with E-state index in [1.165, 1.54) is 33.5 Å². The highest BCUT2D eigenvalue weighted by atomic mass is 15.2. The summed E-state index contributed by atoms with van der Waals surface area (Å²) in [6.07, 6.45) is 6.53. The number of imidazole rings is 1. The molecule has 0 aliphatic rings. The van der Waals surface area contributed by atoms with Crippen molar-refractivity contribution in [3.05, 3.63) is 102 Å². The van der Waals surface area contributed by atoms with Crippen LogP contribution < -0.4 is 0 Å². The first kappa shape index (κ1) is 27.5. The molecule has 5 heteroatoms. The van der Waals surface area contributed by atoms with Gasteiger partial charge in [-0.3, -0.25) is 13.5 Å². The number of fused-ring (bicyclic) bond motifs is 4. The number of hydrogen-bond acceptors (Lipinski definition) is 2. The number of para-hydroxylation sites is 3. The van der Waals surface area contributed by atoms with Crippen LogP contribution in [-0.4, -0.2) is 23.5 Å². The second kappa shape index (κ2) is 10.9. The normalized spacial score (nSPS) is 10.6. The number of hydrogen-bond donors (Lipinski definition) is 0. The van der Waals surface area contributed by atoms with Crippen LogP contribution in [0.5, 0.6) is 0 Å². The Kier molecular flexibility index (Phi) is 8.07. The van der Waals surface area contributed by atoms with E-state index in [1.54, 1.807) is 6.33 Å². The van der Waals surface area contributed by atoms with Gasteiger partial charge in [0.25, 0.3) is 0 Å². The third-order valence-corrected chi connectivity index (χ3v) is 6.62. The van der Waals surface area contributed by atoms with Crippen LogP contribution in [0, 0.1) is 27.7 Å². The van der Waals surface area contributed by atoms with E-state index in [9.17, 15) is 0 Å². The third-order valence-electron chi connectivity index (χ3n) is 6.62. The lowest BCUT2D eigenvalue weighted by atomic mass is 10.2. The highest BCUT2D eigenvalue weighted by molar-refractivity contribution is 5.95. The molecule has 192 valence electrons. The Morgan fingerprint density at radius 2 is 1.51 bits per heavy atom. The second-order valence-electron chi connectivity index (χ2n) is 8.96. The molecule has 4 heterocycles. The molecular formula is C32H39N5. The molecule has 6 aromatic rings. The lowest BCUT2D eigenvalue weighted by molar-refractivity contribution is 0.989. The molecule has 0 saturated carbocycles.